The first-order valence-electron chi connectivity index (χ1n) is 6.99. The molecular weight excluding hydrogens is 236 g/mol. The number of aliphatic hydroxyl groups excluding tert-OH is 1. The molecule has 2 N–H and O–H groups in total. The predicted molar refractivity (Wildman–Crippen MR) is 80.2 cm³/mol. The number of aromatic nitrogens is 1. The van der Waals surface area contributed by atoms with Crippen LogP contribution >= 0.6 is 0 Å². The number of nitrogens with zero attached hydrogens (tertiary/aromatic N) is 1. The van der Waals surface area contributed by atoms with Gasteiger partial charge >= 0.3 is 0 Å². The summed E-state index contributed by atoms with van der Waals surface area (Å²) in [6.07, 6.45) is 0.862. The molecule has 1 heterocycles. The van der Waals surface area contributed by atoms with Crippen LogP contribution in [0.3, 0.4) is 0 Å². The zero-order chi connectivity index (χ0) is 13.8. The van der Waals surface area contributed by atoms with E-state index < -0.39 is 0 Å². The maximum atomic E-state index is 8.90. The number of aryl methyl sites for hydroxylation is 2. The number of hydrogen-bond acceptors (Lipinski definition) is 2. The van der Waals surface area contributed by atoms with Crippen molar-refractivity contribution in [3.8, 4) is 0 Å². The largest absolute Gasteiger partial charge is 0.396 e. The summed E-state index contributed by atoms with van der Waals surface area (Å²) in [7, 11) is 2.13. The Hall–Kier alpha value is -1.32. The Morgan fingerprint density at radius 1 is 1.32 bits per heavy atom. The monoisotopic (exact) mass is 260 g/mol. The fourth-order valence-electron chi connectivity index (χ4n) is 2.65. The quantitative estimate of drug-likeness (QED) is 0.837. The highest BCUT2D eigenvalue weighted by atomic mass is 16.3. The highest BCUT2D eigenvalue weighted by Crippen LogP contribution is 2.24. The Morgan fingerprint density at radius 2 is 2.05 bits per heavy atom. The summed E-state index contributed by atoms with van der Waals surface area (Å²) in [4.78, 5) is 0. The van der Waals surface area contributed by atoms with Crippen LogP contribution in [-0.4, -0.2) is 22.8 Å². The van der Waals surface area contributed by atoms with Gasteiger partial charge in [-0.05, 0) is 37.4 Å². The average molecular weight is 260 g/mol. The maximum absolute atomic E-state index is 8.90. The summed E-state index contributed by atoms with van der Waals surface area (Å²) in [6.45, 7) is 6.46. The van der Waals surface area contributed by atoms with E-state index in [-0.39, 0.29) is 6.61 Å². The van der Waals surface area contributed by atoms with Gasteiger partial charge < -0.3 is 15.0 Å². The van der Waals surface area contributed by atoms with Gasteiger partial charge in [-0.1, -0.05) is 25.1 Å². The van der Waals surface area contributed by atoms with E-state index in [9.17, 15) is 0 Å². The second-order valence-corrected chi connectivity index (χ2v) is 5.40. The van der Waals surface area contributed by atoms with Crippen LogP contribution in [-0.2, 0) is 13.6 Å². The van der Waals surface area contributed by atoms with Crippen LogP contribution in [0.1, 0.15) is 24.6 Å². The molecule has 0 saturated heterocycles. The first kappa shape index (κ1) is 14.1. The Kier molecular flexibility index (Phi) is 4.61. The Bertz CT molecular complexity index is 506. The molecule has 2 rings (SSSR count). The van der Waals surface area contributed by atoms with Crippen LogP contribution in [0.15, 0.2) is 24.3 Å². The molecule has 0 amide bonds. The molecular formula is C16H24N2O. The predicted octanol–water partition coefficient (Wildman–Crippen LogP) is 2.59. The van der Waals surface area contributed by atoms with Gasteiger partial charge in [0.1, 0.15) is 0 Å². The van der Waals surface area contributed by atoms with Gasteiger partial charge in [-0.15, -0.1) is 0 Å². The van der Waals surface area contributed by atoms with Crippen molar-refractivity contribution in [3.05, 3.63) is 35.5 Å². The van der Waals surface area contributed by atoms with Crippen LogP contribution < -0.4 is 5.32 Å². The van der Waals surface area contributed by atoms with Gasteiger partial charge in [0.25, 0.3) is 0 Å². The minimum atomic E-state index is 0.274. The number of hydrogen-bond donors (Lipinski definition) is 2. The lowest BCUT2D eigenvalue weighted by Gasteiger charge is -2.12. The lowest BCUT2D eigenvalue weighted by Crippen LogP contribution is -2.22. The van der Waals surface area contributed by atoms with E-state index >= 15 is 0 Å². The Morgan fingerprint density at radius 3 is 2.74 bits per heavy atom. The highest BCUT2D eigenvalue weighted by molar-refractivity contribution is 5.85. The number of benzene rings is 1. The van der Waals surface area contributed by atoms with Crippen molar-refractivity contribution in [3.63, 3.8) is 0 Å². The summed E-state index contributed by atoms with van der Waals surface area (Å²) in [5, 5.41) is 13.7. The summed E-state index contributed by atoms with van der Waals surface area (Å²) in [5.74, 6) is 0.514. The molecule has 19 heavy (non-hydrogen) atoms. The molecule has 2 aromatic rings. The lowest BCUT2D eigenvalue weighted by atomic mass is 10.1. The van der Waals surface area contributed by atoms with Crippen LogP contribution in [0.5, 0.6) is 0 Å². The van der Waals surface area contributed by atoms with Gasteiger partial charge in [0.05, 0.1) is 0 Å². The molecule has 0 saturated carbocycles. The second-order valence-electron chi connectivity index (χ2n) is 5.40. The minimum Gasteiger partial charge on any atom is -0.396 e. The standard InChI is InChI=1S/C16H24N2O/c1-12(8-9-19)10-17-11-16-13(2)14-6-4-5-7-15(14)18(16)3/h4-7,12,17,19H,8-11H2,1-3H3. The van der Waals surface area contributed by atoms with Crippen molar-refractivity contribution in [2.75, 3.05) is 13.2 Å². The van der Waals surface area contributed by atoms with Gasteiger partial charge in [0.2, 0.25) is 0 Å². The number of fused-ring (bicyclic) bond motifs is 1. The fraction of sp³-hybridized carbons (Fsp3) is 0.500. The smallest absolute Gasteiger partial charge is 0.0483 e. The summed E-state index contributed by atoms with van der Waals surface area (Å²) in [6, 6.07) is 8.53. The number of nitrogens with one attached hydrogen (secondary N) is 1. The van der Waals surface area contributed by atoms with Gasteiger partial charge in [-0.25, -0.2) is 0 Å². The van der Waals surface area contributed by atoms with E-state index in [0.717, 1.165) is 19.5 Å². The molecule has 1 unspecified atom stereocenters. The van der Waals surface area contributed by atoms with E-state index in [2.05, 4.69) is 55.0 Å². The zero-order valence-electron chi connectivity index (χ0n) is 12.1. The zero-order valence-corrected chi connectivity index (χ0v) is 12.1. The third-order valence-corrected chi connectivity index (χ3v) is 3.91. The van der Waals surface area contributed by atoms with Crippen LogP contribution in [0, 0.1) is 12.8 Å². The third kappa shape index (κ3) is 2.99. The van der Waals surface area contributed by atoms with Crippen molar-refractivity contribution in [1.82, 2.24) is 9.88 Å². The van der Waals surface area contributed by atoms with E-state index in [1.807, 2.05) is 0 Å². The maximum Gasteiger partial charge on any atom is 0.0483 e. The van der Waals surface area contributed by atoms with E-state index in [1.165, 1.54) is 22.2 Å². The Labute approximate surface area is 115 Å². The van der Waals surface area contributed by atoms with Crippen molar-refractivity contribution in [1.29, 1.82) is 0 Å². The molecule has 0 bridgehead atoms. The SMILES string of the molecule is Cc1c(CNCC(C)CCO)n(C)c2ccccc12. The van der Waals surface area contributed by atoms with Gasteiger partial charge in [0, 0.05) is 36.8 Å². The summed E-state index contributed by atoms with van der Waals surface area (Å²) < 4.78 is 2.27. The molecule has 0 fully saturated rings. The molecule has 3 heteroatoms. The Balaban J connectivity index is 2.09. The first-order valence-corrected chi connectivity index (χ1v) is 6.99. The number of rotatable bonds is 6. The van der Waals surface area contributed by atoms with Crippen LogP contribution in [0.2, 0.25) is 0 Å². The second kappa shape index (κ2) is 6.22. The van der Waals surface area contributed by atoms with Crippen LogP contribution in [0.4, 0.5) is 0 Å². The number of para-hydroxylation sites is 1. The highest BCUT2D eigenvalue weighted by Gasteiger charge is 2.10. The summed E-state index contributed by atoms with van der Waals surface area (Å²) in [5.41, 5.74) is 4.00. The molecule has 0 spiro atoms. The molecule has 1 aromatic heterocycles. The van der Waals surface area contributed by atoms with E-state index in [1.54, 1.807) is 0 Å². The van der Waals surface area contributed by atoms with Gasteiger partial charge in [0.15, 0.2) is 0 Å². The van der Waals surface area contributed by atoms with E-state index in [0.29, 0.717) is 5.92 Å². The average Bonchev–Trinajstić information content (AvgIpc) is 2.65. The fourth-order valence-corrected chi connectivity index (χ4v) is 2.65. The number of aliphatic hydroxyl groups is 1. The molecule has 3 nitrogen and oxygen atoms in total. The molecule has 0 aliphatic rings. The molecule has 0 aliphatic carbocycles. The molecule has 0 aliphatic heterocycles. The van der Waals surface area contributed by atoms with Crippen molar-refractivity contribution >= 4 is 10.9 Å². The van der Waals surface area contributed by atoms with Crippen molar-refractivity contribution in [2.24, 2.45) is 13.0 Å². The van der Waals surface area contributed by atoms with Crippen LogP contribution in [0.25, 0.3) is 10.9 Å². The molecule has 0 radical (unpaired) electrons. The third-order valence-electron chi connectivity index (χ3n) is 3.91. The van der Waals surface area contributed by atoms with Crippen molar-refractivity contribution < 1.29 is 5.11 Å². The van der Waals surface area contributed by atoms with Gasteiger partial charge in [-0.3, -0.25) is 0 Å². The summed E-state index contributed by atoms with van der Waals surface area (Å²) >= 11 is 0. The van der Waals surface area contributed by atoms with E-state index in [4.69, 9.17) is 5.11 Å². The molecule has 1 aromatic carbocycles. The first-order chi connectivity index (χ1) is 9.15. The normalized spacial score (nSPS) is 13.1. The molecule has 1 atom stereocenters. The van der Waals surface area contributed by atoms with Gasteiger partial charge in [-0.2, -0.15) is 0 Å². The minimum absolute atomic E-state index is 0.274. The lowest BCUT2D eigenvalue weighted by molar-refractivity contribution is 0.260. The molecule has 104 valence electrons. The topological polar surface area (TPSA) is 37.2 Å². The van der Waals surface area contributed by atoms with Crippen molar-refractivity contribution in [2.45, 2.75) is 26.8 Å².